The summed E-state index contributed by atoms with van der Waals surface area (Å²) in [5.41, 5.74) is 0.299. The van der Waals surface area contributed by atoms with Gasteiger partial charge in [0.25, 0.3) is 11.8 Å². The average Bonchev–Trinajstić information content (AvgIpc) is 3.17. The van der Waals surface area contributed by atoms with Gasteiger partial charge in [0.05, 0.1) is 22.5 Å². The molecule has 0 aromatic heterocycles. The lowest BCUT2D eigenvalue weighted by Crippen LogP contribution is -2.28. The first-order valence-electron chi connectivity index (χ1n) is 7.29. The highest BCUT2D eigenvalue weighted by Crippen LogP contribution is 2.52. The van der Waals surface area contributed by atoms with Gasteiger partial charge in [-0.3, -0.25) is 9.59 Å². The molecule has 7 heteroatoms. The van der Waals surface area contributed by atoms with Crippen molar-refractivity contribution in [2.24, 2.45) is 28.8 Å². The zero-order valence-electron chi connectivity index (χ0n) is 11.9. The summed E-state index contributed by atoms with van der Waals surface area (Å²) in [6.07, 6.45) is 6.17. The van der Waals surface area contributed by atoms with Gasteiger partial charge >= 0.3 is 0 Å². The number of hydrogen-bond donors (Lipinski definition) is 2. The number of halogens is 1. The summed E-state index contributed by atoms with van der Waals surface area (Å²) in [6, 6.07) is 2.63. The SMILES string of the molecule is O=C1[C@@H]2[C@H](C(=O)N1/N=C/c1cc(Br)c(O)cc1O)[C@H]1C=C[C@@H]2C1. The second-order valence-corrected chi connectivity index (χ2v) is 6.95. The Labute approximate surface area is 140 Å². The van der Waals surface area contributed by atoms with Crippen LogP contribution in [0.2, 0.25) is 0 Å². The van der Waals surface area contributed by atoms with E-state index >= 15 is 0 Å². The smallest absolute Gasteiger partial charge is 0.254 e. The third-order valence-electron chi connectivity index (χ3n) is 4.86. The molecule has 1 aromatic carbocycles. The minimum atomic E-state index is -0.296. The number of hydrazone groups is 1. The summed E-state index contributed by atoms with van der Waals surface area (Å²) in [6.45, 7) is 0. The van der Waals surface area contributed by atoms with Crippen LogP contribution in [0.25, 0.3) is 0 Å². The van der Waals surface area contributed by atoms with E-state index < -0.39 is 0 Å². The van der Waals surface area contributed by atoms with Crippen molar-refractivity contribution in [3.05, 3.63) is 34.3 Å². The number of amides is 2. The lowest BCUT2D eigenvalue weighted by atomic mass is 9.85. The van der Waals surface area contributed by atoms with Crippen molar-refractivity contribution < 1.29 is 19.8 Å². The molecule has 2 N–H and O–H groups in total. The second kappa shape index (κ2) is 4.92. The van der Waals surface area contributed by atoms with Crippen molar-refractivity contribution in [2.45, 2.75) is 6.42 Å². The van der Waals surface area contributed by atoms with E-state index in [1.54, 1.807) is 0 Å². The summed E-state index contributed by atoms with van der Waals surface area (Å²) < 4.78 is 0.384. The maximum absolute atomic E-state index is 12.5. The number of carbonyl (C=O) groups excluding carboxylic acids is 2. The Kier molecular flexibility index (Phi) is 3.09. The topological polar surface area (TPSA) is 90.2 Å². The van der Waals surface area contributed by atoms with Crippen molar-refractivity contribution in [2.75, 3.05) is 0 Å². The summed E-state index contributed by atoms with van der Waals surface area (Å²) in [4.78, 5) is 24.9. The van der Waals surface area contributed by atoms with Gasteiger partial charge in [0.2, 0.25) is 0 Å². The first kappa shape index (κ1) is 14.4. The number of nitrogens with zero attached hydrogens (tertiary/aromatic N) is 2. The number of allylic oxidation sites excluding steroid dienone is 2. The fourth-order valence-corrected chi connectivity index (χ4v) is 4.15. The predicted octanol–water partition coefficient (Wildman–Crippen LogP) is 2.00. The molecule has 1 saturated carbocycles. The maximum Gasteiger partial charge on any atom is 0.254 e. The molecule has 1 heterocycles. The van der Waals surface area contributed by atoms with Gasteiger partial charge in [-0.1, -0.05) is 12.2 Å². The van der Waals surface area contributed by atoms with Crippen LogP contribution in [0.15, 0.2) is 33.9 Å². The molecule has 2 amide bonds. The summed E-state index contributed by atoms with van der Waals surface area (Å²) in [5, 5.41) is 24.2. The Balaban J connectivity index is 1.62. The first-order valence-corrected chi connectivity index (χ1v) is 8.08. The van der Waals surface area contributed by atoms with Gasteiger partial charge in [-0.05, 0) is 40.3 Å². The van der Waals surface area contributed by atoms with Gasteiger partial charge in [0.1, 0.15) is 11.5 Å². The van der Waals surface area contributed by atoms with E-state index in [9.17, 15) is 19.8 Å². The van der Waals surface area contributed by atoms with Crippen molar-refractivity contribution in [1.82, 2.24) is 5.01 Å². The summed E-state index contributed by atoms with van der Waals surface area (Å²) in [5.74, 6) is -1.16. The number of fused-ring (bicyclic) bond motifs is 5. The molecule has 2 bridgehead atoms. The van der Waals surface area contributed by atoms with Gasteiger partial charge in [0, 0.05) is 11.6 Å². The first-order chi connectivity index (χ1) is 11.0. The molecule has 1 aromatic rings. The summed E-state index contributed by atoms with van der Waals surface area (Å²) in [7, 11) is 0. The molecular formula is C16H13BrN2O4. The monoisotopic (exact) mass is 376 g/mol. The van der Waals surface area contributed by atoms with Gasteiger partial charge in [-0.2, -0.15) is 10.1 Å². The third-order valence-corrected chi connectivity index (χ3v) is 5.49. The van der Waals surface area contributed by atoms with Crippen molar-refractivity contribution in [3.63, 3.8) is 0 Å². The van der Waals surface area contributed by atoms with E-state index in [1.807, 2.05) is 12.2 Å². The Morgan fingerprint density at radius 1 is 1.09 bits per heavy atom. The maximum atomic E-state index is 12.5. The number of hydrogen-bond acceptors (Lipinski definition) is 5. The van der Waals surface area contributed by atoms with Crippen LogP contribution in [0.5, 0.6) is 11.5 Å². The fraction of sp³-hybridized carbons (Fsp3) is 0.312. The van der Waals surface area contributed by atoms with Crippen LogP contribution < -0.4 is 0 Å². The Morgan fingerprint density at radius 2 is 1.70 bits per heavy atom. The summed E-state index contributed by atoms with van der Waals surface area (Å²) >= 11 is 3.14. The van der Waals surface area contributed by atoms with Crippen LogP contribution >= 0.6 is 15.9 Å². The van der Waals surface area contributed by atoms with E-state index in [1.165, 1.54) is 12.3 Å². The lowest BCUT2D eigenvalue weighted by Gasteiger charge is -2.13. The minimum Gasteiger partial charge on any atom is -0.507 e. The standard InChI is InChI=1S/C16H13BrN2O4/c17-10-4-9(11(20)5-12(10)21)6-18-19-15(22)13-7-1-2-8(3-7)14(13)16(19)23/h1-2,4-8,13-14,20-21H,3H2/b18-6+/t7-,8+,13+,14-. The molecule has 1 saturated heterocycles. The number of phenolic OH excluding ortho intramolecular Hbond substituents is 2. The van der Waals surface area contributed by atoms with Crippen molar-refractivity contribution in [1.29, 1.82) is 0 Å². The van der Waals surface area contributed by atoms with Crippen LogP contribution in [-0.2, 0) is 9.59 Å². The van der Waals surface area contributed by atoms with Gasteiger partial charge in [-0.25, -0.2) is 0 Å². The van der Waals surface area contributed by atoms with Gasteiger partial charge in [0.15, 0.2) is 0 Å². The molecule has 1 aliphatic heterocycles. The molecule has 6 nitrogen and oxygen atoms in total. The molecule has 4 atom stereocenters. The molecular weight excluding hydrogens is 364 g/mol. The van der Waals surface area contributed by atoms with Crippen molar-refractivity contribution in [3.8, 4) is 11.5 Å². The fourth-order valence-electron chi connectivity index (χ4n) is 3.79. The molecule has 2 aliphatic carbocycles. The minimum absolute atomic E-state index is 0.106. The zero-order chi connectivity index (χ0) is 16.3. The molecule has 118 valence electrons. The van der Waals surface area contributed by atoms with Crippen LogP contribution in [-0.4, -0.2) is 33.3 Å². The number of imide groups is 1. The quantitative estimate of drug-likeness (QED) is 0.469. The number of phenols is 2. The van der Waals surface area contributed by atoms with E-state index in [0.29, 0.717) is 10.0 Å². The van der Waals surface area contributed by atoms with E-state index in [2.05, 4.69) is 21.0 Å². The normalized spacial score (nSPS) is 31.6. The van der Waals surface area contributed by atoms with E-state index in [0.717, 1.165) is 17.5 Å². The van der Waals surface area contributed by atoms with Crippen LogP contribution in [0.3, 0.4) is 0 Å². The van der Waals surface area contributed by atoms with E-state index in [-0.39, 0.29) is 47.0 Å². The van der Waals surface area contributed by atoms with Crippen LogP contribution in [0.1, 0.15) is 12.0 Å². The highest BCUT2D eigenvalue weighted by molar-refractivity contribution is 9.10. The van der Waals surface area contributed by atoms with Crippen LogP contribution in [0, 0.1) is 23.7 Å². The molecule has 0 unspecified atom stereocenters. The highest BCUT2D eigenvalue weighted by Gasteiger charge is 2.59. The molecule has 4 rings (SSSR count). The number of aromatic hydroxyl groups is 2. The Morgan fingerprint density at radius 3 is 2.30 bits per heavy atom. The van der Waals surface area contributed by atoms with Gasteiger partial charge in [-0.15, -0.1) is 0 Å². The Bertz CT molecular complexity index is 759. The van der Waals surface area contributed by atoms with Crippen LogP contribution in [0.4, 0.5) is 0 Å². The van der Waals surface area contributed by atoms with Gasteiger partial charge < -0.3 is 10.2 Å². The van der Waals surface area contributed by atoms with Crippen molar-refractivity contribution >= 4 is 34.0 Å². The lowest BCUT2D eigenvalue weighted by molar-refractivity contribution is -0.140. The number of benzene rings is 1. The molecule has 0 radical (unpaired) electrons. The predicted molar refractivity (Wildman–Crippen MR) is 84.6 cm³/mol. The molecule has 3 aliphatic rings. The second-order valence-electron chi connectivity index (χ2n) is 6.10. The largest absolute Gasteiger partial charge is 0.507 e. The highest BCUT2D eigenvalue weighted by atomic mass is 79.9. The third kappa shape index (κ3) is 2.03. The number of rotatable bonds is 2. The molecule has 2 fully saturated rings. The zero-order valence-corrected chi connectivity index (χ0v) is 13.5. The molecule has 0 spiro atoms. The number of carbonyl (C=O) groups is 2. The average molecular weight is 377 g/mol. The Hall–Kier alpha value is -2.15. The van der Waals surface area contributed by atoms with E-state index in [4.69, 9.17) is 0 Å². The molecule has 23 heavy (non-hydrogen) atoms.